The van der Waals surface area contributed by atoms with Gasteiger partial charge >= 0.3 is 0 Å². The van der Waals surface area contributed by atoms with E-state index in [1.165, 1.54) is 6.42 Å². The van der Waals surface area contributed by atoms with E-state index in [1.807, 2.05) is 6.92 Å². The topological polar surface area (TPSA) is 78.4 Å². The van der Waals surface area contributed by atoms with Crippen LogP contribution >= 0.6 is 0 Å². The minimum Gasteiger partial charge on any atom is -0.349 e. The molecule has 3 N–H and O–H groups in total. The molecular weight excluding hydrogens is 268 g/mol. The van der Waals surface area contributed by atoms with Crippen molar-refractivity contribution in [3.63, 3.8) is 0 Å². The van der Waals surface area contributed by atoms with E-state index in [-0.39, 0.29) is 17.9 Å². The van der Waals surface area contributed by atoms with Gasteiger partial charge < -0.3 is 5.32 Å². The lowest BCUT2D eigenvalue weighted by atomic mass is 9.88. The molecule has 5 nitrogen and oxygen atoms in total. The summed E-state index contributed by atoms with van der Waals surface area (Å²) in [5.41, 5.74) is 2.92. The lowest BCUT2D eigenvalue weighted by molar-refractivity contribution is -0.126. The molecule has 0 radical (unpaired) electrons. The predicted molar refractivity (Wildman–Crippen MR) is 78.8 cm³/mol. The maximum Gasteiger partial charge on any atom is 0.274 e. The van der Waals surface area contributed by atoms with Crippen LogP contribution in [0.2, 0.25) is 0 Å². The molecule has 1 saturated carbocycles. The van der Waals surface area contributed by atoms with Gasteiger partial charge in [0.05, 0.1) is 6.04 Å². The number of hydrogen-bond acceptors (Lipinski definition) is 3. The molecule has 1 aromatic rings. The minimum absolute atomic E-state index is 0.0920. The molecule has 0 aliphatic heterocycles. The number of amides is 2. The maximum atomic E-state index is 12.2. The highest BCUT2D eigenvalue weighted by atomic mass is 16.5. The second-order valence-electron chi connectivity index (χ2n) is 5.63. The van der Waals surface area contributed by atoms with Crippen LogP contribution in [0.5, 0.6) is 0 Å². The maximum absolute atomic E-state index is 12.2. The van der Waals surface area contributed by atoms with Crippen LogP contribution in [0.25, 0.3) is 0 Å². The van der Waals surface area contributed by atoms with Gasteiger partial charge in [0.2, 0.25) is 5.91 Å². The Bertz CT molecular complexity index is 493. The summed E-state index contributed by atoms with van der Waals surface area (Å²) in [6, 6.07) is 6.74. The average Bonchev–Trinajstić information content (AvgIpc) is 2.55. The Morgan fingerprint density at radius 2 is 1.76 bits per heavy atom. The molecule has 2 rings (SSSR count). The number of hydroxylamine groups is 1. The van der Waals surface area contributed by atoms with E-state index < -0.39 is 5.91 Å². The molecule has 1 atom stereocenters. The summed E-state index contributed by atoms with van der Waals surface area (Å²) in [4.78, 5) is 23.4. The summed E-state index contributed by atoms with van der Waals surface area (Å²) in [7, 11) is 0. The zero-order chi connectivity index (χ0) is 15.2. The van der Waals surface area contributed by atoms with Crippen LogP contribution < -0.4 is 10.8 Å². The highest BCUT2D eigenvalue weighted by Gasteiger charge is 2.22. The Balaban J connectivity index is 1.94. The third kappa shape index (κ3) is 4.04. The van der Waals surface area contributed by atoms with Crippen LogP contribution in [0.4, 0.5) is 0 Å². The first-order valence-corrected chi connectivity index (χ1v) is 7.46. The molecule has 1 fully saturated rings. The van der Waals surface area contributed by atoms with E-state index in [2.05, 4.69) is 5.32 Å². The Labute approximate surface area is 124 Å². The Morgan fingerprint density at radius 3 is 2.33 bits per heavy atom. The minimum atomic E-state index is -0.541. The highest BCUT2D eigenvalue weighted by Crippen LogP contribution is 2.24. The molecule has 5 heteroatoms. The molecule has 2 amide bonds. The number of carbonyl (C=O) groups excluding carboxylic acids is 2. The fourth-order valence-electron chi connectivity index (χ4n) is 2.77. The SMILES string of the molecule is CC(NC(=O)C1CCCCC1)c1ccc(C(=O)NO)cc1. The van der Waals surface area contributed by atoms with E-state index in [0.29, 0.717) is 5.56 Å². The fraction of sp³-hybridized carbons (Fsp3) is 0.500. The van der Waals surface area contributed by atoms with Crippen LogP contribution in [0, 0.1) is 5.92 Å². The van der Waals surface area contributed by atoms with E-state index in [1.54, 1.807) is 29.7 Å². The van der Waals surface area contributed by atoms with E-state index in [4.69, 9.17) is 5.21 Å². The summed E-state index contributed by atoms with van der Waals surface area (Å²) >= 11 is 0. The highest BCUT2D eigenvalue weighted by molar-refractivity contribution is 5.93. The predicted octanol–water partition coefficient (Wildman–Crippen LogP) is 2.56. The normalized spacial score (nSPS) is 17.0. The van der Waals surface area contributed by atoms with Crippen LogP contribution in [0.3, 0.4) is 0 Å². The zero-order valence-corrected chi connectivity index (χ0v) is 12.3. The number of carbonyl (C=O) groups is 2. The number of nitrogens with one attached hydrogen (secondary N) is 2. The molecule has 1 unspecified atom stereocenters. The van der Waals surface area contributed by atoms with Crippen molar-refractivity contribution >= 4 is 11.8 Å². The van der Waals surface area contributed by atoms with E-state index >= 15 is 0 Å². The summed E-state index contributed by atoms with van der Waals surface area (Å²) in [6.07, 6.45) is 5.46. The molecule has 1 aliphatic carbocycles. The molecule has 0 heterocycles. The molecule has 1 aliphatic rings. The monoisotopic (exact) mass is 290 g/mol. The Morgan fingerprint density at radius 1 is 1.14 bits per heavy atom. The Hall–Kier alpha value is -1.88. The van der Waals surface area contributed by atoms with Crippen LogP contribution in [0.1, 0.15) is 61.0 Å². The zero-order valence-electron chi connectivity index (χ0n) is 12.3. The van der Waals surface area contributed by atoms with Gasteiger partial charge in [-0.3, -0.25) is 14.8 Å². The van der Waals surface area contributed by atoms with Gasteiger partial charge in [0.15, 0.2) is 0 Å². The summed E-state index contributed by atoms with van der Waals surface area (Å²) < 4.78 is 0. The smallest absolute Gasteiger partial charge is 0.274 e. The van der Waals surface area contributed by atoms with Gasteiger partial charge in [0.25, 0.3) is 5.91 Å². The second kappa shape index (κ2) is 7.22. The third-order valence-corrected chi connectivity index (χ3v) is 4.11. The first-order valence-electron chi connectivity index (χ1n) is 7.46. The van der Waals surface area contributed by atoms with Crippen molar-refractivity contribution in [3.8, 4) is 0 Å². The standard InChI is InChI=1S/C16H22N2O3/c1-11(17-15(19)13-5-3-2-4-6-13)12-7-9-14(10-8-12)16(20)18-21/h7-11,13,21H,2-6H2,1H3,(H,17,19)(H,18,20). The lowest BCUT2D eigenvalue weighted by Gasteiger charge is -2.23. The largest absolute Gasteiger partial charge is 0.349 e. The first-order chi connectivity index (χ1) is 10.1. The van der Waals surface area contributed by atoms with Gasteiger partial charge in [-0.1, -0.05) is 31.4 Å². The van der Waals surface area contributed by atoms with Crippen molar-refractivity contribution in [1.29, 1.82) is 0 Å². The number of rotatable bonds is 4. The van der Waals surface area contributed by atoms with Crippen molar-refractivity contribution in [2.24, 2.45) is 5.92 Å². The van der Waals surface area contributed by atoms with E-state index in [0.717, 1.165) is 31.2 Å². The van der Waals surface area contributed by atoms with Crippen molar-refractivity contribution in [2.45, 2.75) is 45.1 Å². The van der Waals surface area contributed by atoms with Crippen molar-refractivity contribution in [2.75, 3.05) is 0 Å². The van der Waals surface area contributed by atoms with Gasteiger partial charge in [-0.05, 0) is 37.5 Å². The fourth-order valence-corrected chi connectivity index (χ4v) is 2.77. The van der Waals surface area contributed by atoms with Crippen LogP contribution in [-0.4, -0.2) is 17.0 Å². The molecule has 0 bridgehead atoms. The van der Waals surface area contributed by atoms with Crippen LogP contribution in [-0.2, 0) is 4.79 Å². The quantitative estimate of drug-likeness (QED) is 0.589. The average molecular weight is 290 g/mol. The lowest BCUT2D eigenvalue weighted by Crippen LogP contribution is -2.33. The molecule has 114 valence electrons. The van der Waals surface area contributed by atoms with E-state index in [9.17, 15) is 9.59 Å². The van der Waals surface area contributed by atoms with Gasteiger partial charge in [0, 0.05) is 11.5 Å². The molecule has 1 aromatic carbocycles. The molecule has 0 aromatic heterocycles. The van der Waals surface area contributed by atoms with Crippen molar-refractivity contribution in [3.05, 3.63) is 35.4 Å². The van der Waals surface area contributed by atoms with Gasteiger partial charge in [-0.25, -0.2) is 5.48 Å². The van der Waals surface area contributed by atoms with Crippen molar-refractivity contribution in [1.82, 2.24) is 10.8 Å². The molecule has 21 heavy (non-hydrogen) atoms. The van der Waals surface area contributed by atoms with Gasteiger partial charge in [-0.2, -0.15) is 0 Å². The third-order valence-electron chi connectivity index (χ3n) is 4.11. The van der Waals surface area contributed by atoms with Crippen LogP contribution in [0.15, 0.2) is 24.3 Å². The number of hydrogen-bond donors (Lipinski definition) is 3. The summed E-state index contributed by atoms with van der Waals surface area (Å²) in [5.74, 6) is -0.277. The van der Waals surface area contributed by atoms with Gasteiger partial charge in [0.1, 0.15) is 0 Å². The first kappa shape index (κ1) is 15.5. The second-order valence-corrected chi connectivity index (χ2v) is 5.63. The number of benzene rings is 1. The molecule has 0 saturated heterocycles. The molecule has 0 spiro atoms. The van der Waals surface area contributed by atoms with Gasteiger partial charge in [-0.15, -0.1) is 0 Å². The summed E-state index contributed by atoms with van der Waals surface area (Å²) in [5, 5.41) is 11.6. The molecular formula is C16H22N2O3. The van der Waals surface area contributed by atoms with Crippen molar-refractivity contribution < 1.29 is 14.8 Å². The Kier molecular flexibility index (Phi) is 5.33. The summed E-state index contributed by atoms with van der Waals surface area (Å²) in [6.45, 7) is 1.93.